The van der Waals surface area contributed by atoms with E-state index in [1.807, 2.05) is 0 Å². The number of nitrogens with one attached hydrogen (secondary N) is 1. The van der Waals surface area contributed by atoms with Gasteiger partial charge in [-0.1, -0.05) is 27.7 Å². The minimum Gasteiger partial charge on any atom is -0.476 e. The number of rotatable bonds is 4. The molecule has 0 aromatic carbocycles. The number of hydrogen-bond acceptors (Lipinski definition) is 8. The van der Waals surface area contributed by atoms with Gasteiger partial charge in [0.15, 0.2) is 5.82 Å². The molecular weight excluding hydrogens is 550 g/mol. The molecule has 2 bridgehead atoms. The minimum atomic E-state index is -4.14. The van der Waals surface area contributed by atoms with E-state index in [-0.39, 0.29) is 21.3 Å². The van der Waals surface area contributed by atoms with Crippen LogP contribution in [0.4, 0.5) is 5.82 Å². The highest BCUT2D eigenvalue weighted by Crippen LogP contribution is 2.68. The van der Waals surface area contributed by atoms with Crippen LogP contribution in [0.15, 0.2) is 40.5 Å². The molecule has 40 heavy (non-hydrogen) atoms. The van der Waals surface area contributed by atoms with Gasteiger partial charge in [0, 0.05) is 42.7 Å². The van der Waals surface area contributed by atoms with Gasteiger partial charge in [0.2, 0.25) is 5.88 Å². The number of pyridine rings is 1. The van der Waals surface area contributed by atoms with E-state index in [1.165, 1.54) is 10.9 Å². The van der Waals surface area contributed by atoms with Crippen LogP contribution in [0.3, 0.4) is 0 Å². The molecule has 1 atom stereocenters. The van der Waals surface area contributed by atoms with Gasteiger partial charge in [-0.05, 0) is 43.1 Å². The van der Waals surface area contributed by atoms with Crippen LogP contribution in [-0.4, -0.2) is 68.9 Å². The molecule has 1 aliphatic carbocycles. The summed E-state index contributed by atoms with van der Waals surface area (Å²) in [7, 11) is -4.14. The zero-order valence-corrected chi connectivity index (χ0v) is 25.9. The van der Waals surface area contributed by atoms with Crippen molar-refractivity contribution in [1.82, 2.24) is 29.3 Å². The van der Waals surface area contributed by atoms with Gasteiger partial charge in [0.25, 0.3) is 15.9 Å². The lowest BCUT2D eigenvalue weighted by molar-refractivity contribution is 0.0981. The van der Waals surface area contributed by atoms with Gasteiger partial charge < -0.3 is 9.64 Å². The molecule has 1 amide bonds. The second-order valence-corrected chi connectivity index (χ2v) is 18.3. The monoisotopic (exact) mass is 587 g/mol. The Morgan fingerprint density at radius 1 is 1.07 bits per heavy atom. The Labute approximate surface area is 236 Å². The Bertz CT molecular complexity index is 1640. The maximum absolute atomic E-state index is 13.4. The van der Waals surface area contributed by atoms with Crippen molar-refractivity contribution in [2.24, 2.45) is 23.8 Å². The first-order chi connectivity index (χ1) is 18.5. The molecule has 0 radical (unpaired) electrons. The van der Waals surface area contributed by atoms with Crippen molar-refractivity contribution < 1.29 is 17.9 Å². The predicted molar refractivity (Wildman–Crippen MR) is 154 cm³/mol. The molecule has 2 fully saturated rings. The van der Waals surface area contributed by atoms with Gasteiger partial charge in [0.05, 0.1) is 18.0 Å². The third-order valence-corrected chi connectivity index (χ3v) is 14.3. The molecule has 0 spiro atoms. The van der Waals surface area contributed by atoms with Gasteiger partial charge in [0.1, 0.15) is 15.7 Å². The zero-order valence-electron chi connectivity index (χ0n) is 24.2. The Hall–Kier alpha value is -3.06. The van der Waals surface area contributed by atoms with E-state index in [1.54, 1.807) is 36.1 Å². The van der Waals surface area contributed by atoms with E-state index in [0.29, 0.717) is 46.7 Å². The van der Waals surface area contributed by atoms with Crippen LogP contribution in [-0.2, 0) is 17.1 Å². The molecule has 3 aromatic rings. The molecule has 11 nitrogen and oxygen atoms in total. The van der Waals surface area contributed by atoms with Crippen molar-refractivity contribution in [3.8, 4) is 11.7 Å². The molecule has 1 unspecified atom stereocenters. The lowest BCUT2D eigenvalue weighted by Crippen LogP contribution is -2.42. The van der Waals surface area contributed by atoms with Crippen LogP contribution < -0.4 is 14.4 Å². The number of aryl methyl sites for hydroxylation is 1. The standard InChI is InChI=1S/C27H37N7O4S2/c1-25(2)15-39(8)16-33(25)22-17(23(35)31-40(36,37)18-13-32(7)30-24(18)39)9-10-20(28-22)34-12-11-21(29-34)38-14-19-26(3,4)27(19,5)6/h9-13,19H,14-16H2,1-8H3,(H,31,35). The maximum atomic E-state index is 13.4. The topological polar surface area (TPSA) is 124 Å². The van der Waals surface area contributed by atoms with Gasteiger partial charge >= 0.3 is 0 Å². The number of carbonyl (C=O) groups is 1. The van der Waals surface area contributed by atoms with E-state index >= 15 is 0 Å². The van der Waals surface area contributed by atoms with E-state index in [0.717, 1.165) is 0 Å². The first-order valence-corrected chi connectivity index (χ1v) is 17.1. The van der Waals surface area contributed by atoms with Crippen molar-refractivity contribution in [3.63, 3.8) is 0 Å². The summed E-state index contributed by atoms with van der Waals surface area (Å²) in [6.45, 7) is 13.8. The number of hydrogen-bond donors (Lipinski definition) is 1. The number of anilines is 1. The highest BCUT2D eigenvalue weighted by atomic mass is 32.3. The fourth-order valence-corrected chi connectivity index (χ4v) is 12.4. The van der Waals surface area contributed by atoms with Crippen molar-refractivity contribution in [1.29, 1.82) is 0 Å². The van der Waals surface area contributed by atoms with Gasteiger partial charge in [-0.25, -0.2) is 22.8 Å². The summed E-state index contributed by atoms with van der Waals surface area (Å²) in [6, 6.07) is 5.09. The molecule has 1 N–H and O–H groups in total. The minimum absolute atomic E-state index is 0.0635. The first kappa shape index (κ1) is 27.1. The number of carbonyl (C=O) groups excluding carboxylic acids is 1. The van der Waals surface area contributed by atoms with Gasteiger partial charge in [-0.3, -0.25) is 9.48 Å². The van der Waals surface area contributed by atoms with Crippen molar-refractivity contribution in [2.75, 3.05) is 29.4 Å². The second-order valence-electron chi connectivity index (χ2n) is 13.1. The summed E-state index contributed by atoms with van der Waals surface area (Å²) in [5.41, 5.74) is 0.218. The van der Waals surface area contributed by atoms with Crippen LogP contribution in [0, 0.1) is 16.7 Å². The molecule has 3 aromatic heterocycles. The zero-order chi connectivity index (χ0) is 29.0. The Kier molecular flexibility index (Phi) is 5.59. The van der Waals surface area contributed by atoms with E-state index in [2.05, 4.69) is 67.6 Å². The molecule has 2 aliphatic heterocycles. The van der Waals surface area contributed by atoms with Gasteiger partial charge in [-0.15, -0.1) is 5.10 Å². The molecule has 6 rings (SSSR count). The molecular formula is C27H37N7O4S2. The molecule has 1 saturated carbocycles. The molecule has 3 aliphatic rings. The van der Waals surface area contributed by atoms with Crippen LogP contribution in [0.5, 0.6) is 5.88 Å². The summed E-state index contributed by atoms with van der Waals surface area (Å²) in [5, 5.41) is 9.71. The highest BCUT2D eigenvalue weighted by molar-refractivity contribution is 8.33. The van der Waals surface area contributed by atoms with Crippen molar-refractivity contribution >= 4 is 31.8 Å². The largest absolute Gasteiger partial charge is 0.476 e. The highest BCUT2D eigenvalue weighted by Gasteiger charge is 2.64. The second kappa shape index (κ2) is 8.25. The average molecular weight is 588 g/mol. The Morgan fingerprint density at radius 2 is 1.77 bits per heavy atom. The summed E-state index contributed by atoms with van der Waals surface area (Å²) in [6.07, 6.45) is 5.36. The summed E-state index contributed by atoms with van der Waals surface area (Å²) < 4.78 is 38.2. The summed E-state index contributed by atoms with van der Waals surface area (Å²) in [5.74, 6) is 2.37. The molecule has 13 heteroatoms. The fourth-order valence-electron chi connectivity index (χ4n) is 6.42. The number of nitrogens with zero attached hydrogens (tertiary/aromatic N) is 6. The number of aromatic nitrogens is 5. The third-order valence-electron chi connectivity index (χ3n) is 9.44. The van der Waals surface area contributed by atoms with Crippen LogP contribution in [0.2, 0.25) is 0 Å². The van der Waals surface area contributed by atoms with Gasteiger partial charge in [-0.2, -0.15) is 15.1 Å². The van der Waals surface area contributed by atoms with E-state index in [9.17, 15) is 13.2 Å². The SMILES string of the molecule is Cn1cc2c(n1)S1(C)CN(c3nc(-n4ccc(OCC5C(C)(C)C5(C)C)n4)ccc3C(=O)NS2(=O)=O)C(C)(C)C1. The summed E-state index contributed by atoms with van der Waals surface area (Å²) >= 11 is 0. The smallest absolute Gasteiger partial charge is 0.268 e. The molecule has 216 valence electrons. The lowest BCUT2D eigenvalue weighted by Gasteiger charge is -2.33. The molecule has 1 saturated heterocycles. The van der Waals surface area contributed by atoms with E-state index in [4.69, 9.17) is 9.72 Å². The first-order valence-electron chi connectivity index (χ1n) is 13.3. The fraction of sp³-hybridized carbons (Fsp3) is 0.556. The Balaban J connectivity index is 1.38. The van der Waals surface area contributed by atoms with Crippen LogP contribution >= 0.6 is 10.0 Å². The quantitative estimate of drug-likeness (QED) is 0.492. The third kappa shape index (κ3) is 3.95. The molecule has 5 heterocycles. The van der Waals surface area contributed by atoms with Crippen LogP contribution in [0.25, 0.3) is 5.82 Å². The average Bonchev–Trinajstić information content (AvgIpc) is 3.38. The lowest BCUT2D eigenvalue weighted by atomic mass is 10.0. The van der Waals surface area contributed by atoms with Crippen LogP contribution in [0.1, 0.15) is 51.9 Å². The van der Waals surface area contributed by atoms with Crippen molar-refractivity contribution in [3.05, 3.63) is 36.2 Å². The summed E-state index contributed by atoms with van der Waals surface area (Å²) in [4.78, 5) is 20.5. The predicted octanol–water partition coefficient (Wildman–Crippen LogP) is 3.54. The Morgan fingerprint density at radius 3 is 2.45 bits per heavy atom. The normalized spacial score (nSPS) is 27.2. The number of amides is 1. The number of fused-ring (bicyclic) bond motifs is 6. The number of ether oxygens (including phenoxy) is 1. The maximum Gasteiger partial charge on any atom is 0.268 e. The number of sulfonamides is 1. The van der Waals surface area contributed by atoms with Crippen molar-refractivity contribution in [2.45, 2.75) is 57.0 Å². The van der Waals surface area contributed by atoms with E-state index < -0.39 is 31.5 Å².